The molecule has 4 heteroatoms. The number of H-pyrrole nitrogens is 1. The van der Waals surface area contributed by atoms with E-state index in [0.29, 0.717) is 10.9 Å². The van der Waals surface area contributed by atoms with E-state index in [2.05, 4.69) is 4.98 Å². The molecule has 0 amide bonds. The first-order valence-electron chi connectivity index (χ1n) is 4.73. The number of rotatable bonds is 1. The molecule has 1 aromatic heterocycles. The van der Waals surface area contributed by atoms with Crippen LogP contribution in [0.3, 0.4) is 0 Å². The van der Waals surface area contributed by atoms with Gasteiger partial charge in [-0.3, -0.25) is 4.79 Å². The molecule has 0 atom stereocenters. The Morgan fingerprint density at radius 3 is 2.86 bits per heavy atom. The van der Waals surface area contributed by atoms with Crippen LogP contribution < -0.4 is 5.56 Å². The van der Waals surface area contributed by atoms with Gasteiger partial charge < -0.3 is 4.98 Å². The van der Waals surface area contributed by atoms with Gasteiger partial charge in [-0.05, 0) is 36.3 Å². The van der Waals surface area contributed by atoms with E-state index in [0.717, 1.165) is 29.9 Å². The maximum atomic E-state index is 11.5. The van der Waals surface area contributed by atoms with Crippen molar-refractivity contribution in [1.82, 2.24) is 4.98 Å². The van der Waals surface area contributed by atoms with Crippen molar-refractivity contribution in [3.63, 3.8) is 0 Å². The van der Waals surface area contributed by atoms with Crippen LogP contribution in [0.2, 0.25) is 5.02 Å². The lowest BCUT2D eigenvalue weighted by Crippen LogP contribution is -2.18. The fourth-order valence-electron chi connectivity index (χ4n) is 1.79. The number of hydrogen-bond donors (Lipinski definition) is 1. The predicted octanol–water partition coefficient (Wildman–Crippen LogP) is 2.64. The van der Waals surface area contributed by atoms with Gasteiger partial charge in [-0.2, -0.15) is 11.8 Å². The molecule has 2 nitrogen and oxygen atoms in total. The molecule has 2 rings (SSSR count). The number of pyridine rings is 1. The van der Waals surface area contributed by atoms with Gasteiger partial charge in [-0.25, -0.2) is 0 Å². The molecule has 0 radical (unpaired) electrons. The Hall–Kier alpha value is -0.410. The molecule has 0 saturated carbocycles. The van der Waals surface area contributed by atoms with Crippen molar-refractivity contribution in [3.05, 3.63) is 33.2 Å². The minimum absolute atomic E-state index is 0.0197. The van der Waals surface area contributed by atoms with Crippen molar-refractivity contribution in [2.24, 2.45) is 0 Å². The molecule has 76 valence electrons. The monoisotopic (exact) mass is 229 g/mol. The molecule has 1 N–H and O–H groups in total. The second-order valence-electron chi connectivity index (χ2n) is 3.49. The second-order valence-corrected chi connectivity index (χ2v) is 5.15. The largest absolute Gasteiger partial charge is 0.327 e. The fourth-order valence-corrected chi connectivity index (χ4v) is 3.06. The van der Waals surface area contributed by atoms with E-state index in [-0.39, 0.29) is 5.56 Å². The number of thioether (sulfide) groups is 1. The SMILES string of the molecule is O=c1[nH]cc(Cl)cc1C1CCSCC1. The fraction of sp³-hybridized carbons (Fsp3) is 0.500. The number of aromatic amines is 1. The zero-order valence-electron chi connectivity index (χ0n) is 7.75. The second kappa shape index (κ2) is 4.41. The lowest BCUT2D eigenvalue weighted by Gasteiger charge is -2.20. The summed E-state index contributed by atoms with van der Waals surface area (Å²) in [6.45, 7) is 0. The summed E-state index contributed by atoms with van der Waals surface area (Å²) in [5, 5.41) is 0.623. The van der Waals surface area contributed by atoms with Gasteiger partial charge in [-0.15, -0.1) is 0 Å². The van der Waals surface area contributed by atoms with Crippen LogP contribution in [0.25, 0.3) is 0 Å². The number of nitrogens with one attached hydrogen (secondary N) is 1. The summed E-state index contributed by atoms with van der Waals surface area (Å²) in [6, 6.07) is 1.81. The van der Waals surface area contributed by atoms with Crippen LogP contribution >= 0.6 is 23.4 Å². The van der Waals surface area contributed by atoms with Gasteiger partial charge >= 0.3 is 0 Å². The number of hydrogen-bond acceptors (Lipinski definition) is 2. The molecule has 0 unspecified atom stereocenters. The molecule has 1 aromatic rings. The van der Waals surface area contributed by atoms with Gasteiger partial charge in [0, 0.05) is 11.8 Å². The average Bonchev–Trinajstić information content (AvgIpc) is 2.23. The molecule has 0 aromatic carbocycles. The van der Waals surface area contributed by atoms with E-state index >= 15 is 0 Å². The molecule has 1 fully saturated rings. The topological polar surface area (TPSA) is 32.9 Å². The first-order chi connectivity index (χ1) is 6.77. The number of aromatic nitrogens is 1. The van der Waals surface area contributed by atoms with Crippen molar-refractivity contribution >= 4 is 23.4 Å². The Kier molecular flexibility index (Phi) is 3.19. The quantitative estimate of drug-likeness (QED) is 0.803. The van der Waals surface area contributed by atoms with Crippen molar-refractivity contribution in [2.75, 3.05) is 11.5 Å². The van der Waals surface area contributed by atoms with Crippen LogP contribution in [0, 0.1) is 0 Å². The highest BCUT2D eigenvalue weighted by molar-refractivity contribution is 7.99. The van der Waals surface area contributed by atoms with Crippen LogP contribution in [0.4, 0.5) is 0 Å². The molecular formula is C10H12ClNOS. The Bertz CT molecular complexity index is 371. The smallest absolute Gasteiger partial charge is 0.251 e. The van der Waals surface area contributed by atoms with Gasteiger partial charge in [0.25, 0.3) is 5.56 Å². The summed E-state index contributed by atoms with van der Waals surface area (Å²) in [4.78, 5) is 14.2. The lowest BCUT2D eigenvalue weighted by atomic mass is 9.95. The van der Waals surface area contributed by atoms with Gasteiger partial charge in [0.05, 0.1) is 5.02 Å². The van der Waals surface area contributed by atoms with Crippen LogP contribution in [0.5, 0.6) is 0 Å². The van der Waals surface area contributed by atoms with E-state index < -0.39 is 0 Å². The summed E-state index contributed by atoms with van der Waals surface area (Å²) >= 11 is 7.82. The molecule has 14 heavy (non-hydrogen) atoms. The molecule has 1 aliphatic heterocycles. The predicted molar refractivity (Wildman–Crippen MR) is 61.4 cm³/mol. The van der Waals surface area contributed by atoms with E-state index in [9.17, 15) is 4.79 Å². The molecule has 0 bridgehead atoms. The van der Waals surface area contributed by atoms with E-state index in [1.165, 1.54) is 0 Å². The highest BCUT2D eigenvalue weighted by atomic mass is 35.5. The molecule has 1 aliphatic rings. The minimum atomic E-state index is 0.0197. The van der Waals surface area contributed by atoms with E-state index in [1.807, 2.05) is 11.8 Å². The van der Waals surface area contributed by atoms with Crippen LogP contribution in [0.1, 0.15) is 24.3 Å². The zero-order valence-corrected chi connectivity index (χ0v) is 9.33. The van der Waals surface area contributed by atoms with Gasteiger partial charge in [0.15, 0.2) is 0 Å². The maximum Gasteiger partial charge on any atom is 0.251 e. The summed E-state index contributed by atoms with van der Waals surface area (Å²) < 4.78 is 0. The minimum Gasteiger partial charge on any atom is -0.327 e. The summed E-state index contributed by atoms with van der Waals surface area (Å²) in [5.41, 5.74) is 0.879. The van der Waals surface area contributed by atoms with Gasteiger partial charge in [-0.1, -0.05) is 11.6 Å². The normalized spacial score (nSPS) is 18.4. The third-order valence-electron chi connectivity index (χ3n) is 2.56. The van der Waals surface area contributed by atoms with Crippen LogP contribution in [-0.4, -0.2) is 16.5 Å². The molecule has 0 spiro atoms. The summed E-state index contributed by atoms with van der Waals surface area (Å²) in [7, 11) is 0. The van der Waals surface area contributed by atoms with Gasteiger partial charge in [0.2, 0.25) is 0 Å². The Morgan fingerprint density at radius 2 is 2.14 bits per heavy atom. The standard InChI is InChI=1S/C10H12ClNOS/c11-8-5-9(10(13)12-6-8)7-1-3-14-4-2-7/h5-7H,1-4H2,(H,12,13). The van der Waals surface area contributed by atoms with E-state index in [4.69, 9.17) is 11.6 Å². The lowest BCUT2D eigenvalue weighted by molar-refractivity contribution is 0.630. The Morgan fingerprint density at radius 1 is 1.43 bits per heavy atom. The first kappa shape index (κ1) is 10.1. The van der Waals surface area contributed by atoms with E-state index in [1.54, 1.807) is 12.3 Å². The third kappa shape index (κ3) is 2.15. The Balaban J connectivity index is 2.29. The zero-order chi connectivity index (χ0) is 9.97. The number of halogens is 1. The highest BCUT2D eigenvalue weighted by Gasteiger charge is 2.18. The molecule has 0 aliphatic carbocycles. The average molecular weight is 230 g/mol. The summed E-state index contributed by atoms with van der Waals surface area (Å²) in [6.07, 6.45) is 3.73. The third-order valence-corrected chi connectivity index (χ3v) is 3.82. The van der Waals surface area contributed by atoms with Crippen molar-refractivity contribution < 1.29 is 0 Å². The van der Waals surface area contributed by atoms with Crippen molar-refractivity contribution in [2.45, 2.75) is 18.8 Å². The summed E-state index contributed by atoms with van der Waals surface area (Å²) in [5.74, 6) is 2.70. The molecule has 1 saturated heterocycles. The highest BCUT2D eigenvalue weighted by Crippen LogP contribution is 2.30. The Labute approximate surface area is 92.1 Å². The van der Waals surface area contributed by atoms with Crippen LogP contribution in [0.15, 0.2) is 17.1 Å². The first-order valence-corrected chi connectivity index (χ1v) is 6.26. The molecular weight excluding hydrogens is 218 g/mol. The van der Waals surface area contributed by atoms with Gasteiger partial charge in [0.1, 0.15) is 0 Å². The molecule has 2 heterocycles. The van der Waals surface area contributed by atoms with Crippen LogP contribution in [-0.2, 0) is 0 Å². The van der Waals surface area contributed by atoms with Crippen molar-refractivity contribution in [1.29, 1.82) is 0 Å². The maximum absolute atomic E-state index is 11.5. The van der Waals surface area contributed by atoms with Crippen molar-refractivity contribution in [3.8, 4) is 0 Å².